The molecule has 2 aromatic carbocycles. The molecule has 0 radical (unpaired) electrons. The molecule has 0 bridgehead atoms. The van der Waals surface area contributed by atoms with Crippen molar-refractivity contribution in [3.05, 3.63) is 59.9 Å². The zero-order chi connectivity index (χ0) is 25.5. The van der Waals surface area contributed by atoms with Crippen molar-refractivity contribution in [2.75, 3.05) is 24.2 Å². The summed E-state index contributed by atoms with van der Waals surface area (Å²) in [5, 5.41) is 2.86. The van der Waals surface area contributed by atoms with E-state index in [1.807, 2.05) is 13.8 Å². The van der Waals surface area contributed by atoms with Crippen molar-refractivity contribution in [1.29, 1.82) is 0 Å². The van der Waals surface area contributed by atoms with Crippen LogP contribution >= 0.6 is 0 Å². The molecule has 34 heavy (non-hydrogen) atoms. The summed E-state index contributed by atoms with van der Waals surface area (Å²) in [6.45, 7) is 4.83. The van der Waals surface area contributed by atoms with E-state index in [9.17, 15) is 22.4 Å². The van der Waals surface area contributed by atoms with Crippen molar-refractivity contribution in [2.45, 2.75) is 45.8 Å². The molecule has 0 saturated heterocycles. The van der Waals surface area contributed by atoms with E-state index in [0.29, 0.717) is 17.7 Å². The third kappa shape index (κ3) is 7.44. The van der Waals surface area contributed by atoms with Crippen LogP contribution in [0.3, 0.4) is 0 Å². The Balaban J connectivity index is 2.40. The highest BCUT2D eigenvalue weighted by Gasteiger charge is 2.30. The zero-order valence-electron chi connectivity index (χ0n) is 20.1. The van der Waals surface area contributed by atoms with Crippen molar-refractivity contribution < 1.29 is 27.1 Å². The Hall–Kier alpha value is -3.14. The highest BCUT2D eigenvalue weighted by Crippen LogP contribution is 2.21. The molecule has 0 aromatic heterocycles. The van der Waals surface area contributed by atoms with Gasteiger partial charge in [0.15, 0.2) is 0 Å². The lowest BCUT2D eigenvalue weighted by atomic mass is 10.1. The molecule has 186 valence electrons. The number of halogens is 1. The van der Waals surface area contributed by atoms with E-state index in [-0.39, 0.29) is 24.2 Å². The van der Waals surface area contributed by atoms with E-state index < -0.39 is 34.3 Å². The number of anilines is 1. The number of nitrogens with one attached hydrogen (secondary N) is 1. The Labute approximate surface area is 200 Å². The summed E-state index contributed by atoms with van der Waals surface area (Å²) in [6, 6.07) is 11.0. The summed E-state index contributed by atoms with van der Waals surface area (Å²) in [7, 11) is -2.40. The number of ether oxygens (including phenoxy) is 1. The average molecular weight is 494 g/mol. The molecule has 0 aliphatic heterocycles. The van der Waals surface area contributed by atoms with Crippen molar-refractivity contribution >= 4 is 27.5 Å². The van der Waals surface area contributed by atoms with Crippen LogP contribution in [-0.4, -0.2) is 57.1 Å². The second-order valence-corrected chi connectivity index (χ2v) is 10.0. The smallest absolute Gasteiger partial charge is 0.244 e. The maximum atomic E-state index is 13.8. The summed E-state index contributed by atoms with van der Waals surface area (Å²) in [6.07, 6.45) is 1.65. The SMILES string of the molecule is CC[C@H](C)NC(=O)[C@H](C)N(Cc1cccc(OC)c1)C(=O)CN(c1cccc(F)c1)S(C)(=O)=O. The molecule has 0 fully saturated rings. The van der Waals surface area contributed by atoms with Crippen LogP contribution in [0.4, 0.5) is 10.1 Å². The Morgan fingerprint density at radius 2 is 1.79 bits per heavy atom. The molecule has 0 saturated carbocycles. The van der Waals surface area contributed by atoms with Gasteiger partial charge in [-0.25, -0.2) is 12.8 Å². The second-order valence-electron chi connectivity index (χ2n) is 8.12. The van der Waals surface area contributed by atoms with Gasteiger partial charge in [0, 0.05) is 12.6 Å². The van der Waals surface area contributed by atoms with E-state index in [1.54, 1.807) is 31.2 Å². The largest absolute Gasteiger partial charge is 0.497 e. The van der Waals surface area contributed by atoms with Crippen molar-refractivity contribution in [2.24, 2.45) is 0 Å². The standard InChI is InChI=1S/C24H32FN3O5S/c1-6-17(2)26-24(30)18(3)27(15-19-9-7-12-22(13-19)33-4)23(29)16-28(34(5,31)32)21-11-8-10-20(25)14-21/h7-14,17-18H,6,15-16H2,1-5H3,(H,26,30)/t17-,18-/m0/s1. The number of rotatable bonds is 11. The van der Waals surface area contributed by atoms with Gasteiger partial charge < -0.3 is 15.0 Å². The van der Waals surface area contributed by atoms with Crippen LogP contribution in [0.5, 0.6) is 5.75 Å². The van der Waals surface area contributed by atoms with E-state index in [1.165, 1.54) is 30.2 Å². The number of sulfonamides is 1. The van der Waals surface area contributed by atoms with Crippen molar-refractivity contribution in [1.82, 2.24) is 10.2 Å². The van der Waals surface area contributed by atoms with Gasteiger partial charge in [-0.15, -0.1) is 0 Å². The van der Waals surface area contributed by atoms with E-state index in [0.717, 1.165) is 16.6 Å². The molecule has 2 amide bonds. The van der Waals surface area contributed by atoms with Crippen LogP contribution in [0.15, 0.2) is 48.5 Å². The lowest BCUT2D eigenvalue weighted by molar-refractivity contribution is -0.139. The number of hydrogen-bond acceptors (Lipinski definition) is 5. The highest BCUT2D eigenvalue weighted by molar-refractivity contribution is 7.92. The number of benzene rings is 2. The molecule has 0 aliphatic carbocycles. The molecular formula is C24H32FN3O5S. The first-order valence-corrected chi connectivity index (χ1v) is 12.8. The molecule has 1 N–H and O–H groups in total. The number of carbonyl (C=O) groups excluding carboxylic acids is 2. The number of carbonyl (C=O) groups is 2. The first kappa shape index (κ1) is 27.1. The fraction of sp³-hybridized carbons (Fsp3) is 0.417. The van der Waals surface area contributed by atoms with Gasteiger partial charge in [-0.2, -0.15) is 0 Å². The Morgan fingerprint density at radius 1 is 1.12 bits per heavy atom. The van der Waals surface area contributed by atoms with Gasteiger partial charge in [-0.1, -0.05) is 25.1 Å². The number of hydrogen-bond donors (Lipinski definition) is 1. The molecule has 0 spiro atoms. The van der Waals surface area contributed by atoms with Gasteiger partial charge >= 0.3 is 0 Å². The fourth-order valence-electron chi connectivity index (χ4n) is 3.26. The van der Waals surface area contributed by atoms with Gasteiger partial charge in [-0.3, -0.25) is 13.9 Å². The van der Waals surface area contributed by atoms with E-state index in [4.69, 9.17) is 4.74 Å². The van der Waals surface area contributed by atoms with Crippen LogP contribution in [0.1, 0.15) is 32.8 Å². The first-order valence-electron chi connectivity index (χ1n) is 10.9. The third-order valence-corrected chi connectivity index (χ3v) is 6.57. The summed E-state index contributed by atoms with van der Waals surface area (Å²) < 4.78 is 44.8. The normalized spacial score (nSPS) is 13.0. The molecule has 0 unspecified atom stereocenters. The molecule has 2 rings (SSSR count). The second kappa shape index (κ2) is 11.8. The van der Waals surface area contributed by atoms with E-state index >= 15 is 0 Å². The van der Waals surface area contributed by atoms with Gasteiger partial charge in [0.05, 0.1) is 19.1 Å². The van der Waals surface area contributed by atoms with Crippen LogP contribution in [0, 0.1) is 5.82 Å². The van der Waals surface area contributed by atoms with Crippen molar-refractivity contribution in [3.8, 4) is 5.75 Å². The van der Waals surface area contributed by atoms with Gasteiger partial charge in [0.2, 0.25) is 21.8 Å². The summed E-state index contributed by atoms with van der Waals surface area (Å²) in [4.78, 5) is 27.6. The molecule has 10 heteroatoms. The fourth-order valence-corrected chi connectivity index (χ4v) is 4.10. The summed E-state index contributed by atoms with van der Waals surface area (Å²) in [5.74, 6) is -1.01. The third-order valence-electron chi connectivity index (χ3n) is 5.43. The van der Waals surface area contributed by atoms with Crippen LogP contribution in [0.2, 0.25) is 0 Å². The summed E-state index contributed by atoms with van der Waals surface area (Å²) >= 11 is 0. The minimum absolute atomic E-state index is 0.0221. The first-order chi connectivity index (χ1) is 16.0. The van der Waals surface area contributed by atoms with E-state index in [2.05, 4.69) is 5.32 Å². The molecule has 0 aliphatic rings. The topological polar surface area (TPSA) is 96.0 Å². The number of nitrogens with zero attached hydrogens (tertiary/aromatic N) is 2. The predicted octanol–water partition coefficient (Wildman–Crippen LogP) is 2.93. The van der Waals surface area contributed by atoms with Gasteiger partial charge in [0.1, 0.15) is 24.2 Å². The minimum Gasteiger partial charge on any atom is -0.497 e. The molecule has 0 heterocycles. The maximum Gasteiger partial charge on any atom is 0.244 e. The van der Waals surface area contributed by atoms with Crippen LogP contribution < -0.4 is 14.4 Å². The average Bonchev–Trinajstić information content (AvgIpc) is 2.79. The monoisotopic (exact) mass is 493 g/mol. The Bertz CT molecular complexity index is 1110. The lowest BCUT2D eigenvalue weighted by Crippen LogP contribution is -2.52. The van der Waals surface area contributed by atoms with Crippen LogP contribution in [0.25, 0.3) is 0 Å². The molecular weight excluding hydrogens is 461 g/mol. The predicted molar refractivity (Wildman–Crippen MR) is 129 cm³/mol. The maximum absolute atomic E-state index is 13.8. The highest BCUT2D eigenvalue weighted by atomic mass is 32.2. The van der Waals surface area contributed by atoms with Crippen molar-refractivity contribution in [3.63, 3.8) is 0 Å². The molecule has 2 atom stereocenters. The zero-order valence-corrected chi connectivity index (χ0v) is 20.9. The minimum atomic E-state index is -3.92. The molecule has 2 aromatic rings. The summed E-state index contributed by atoms with van der Waals surface area (Å²) in [5.41, 5.74) is 0.724. The quantitative estimate of drug-likeness (QED) is 0.519. The molecule has 8 nitrogen and oxygen atoms in total. The Morgan fingerprint density at radius 3 is 2.38 bits per heavy atom. The van der Waals surface area contributed by atoms with Crippen LogP contribution in [-0.2, 0) is 26.2 Å². The van der Waals surface area contributed by atoms with Gasteiger partial charge in [-0.05, 0) is 56.2 Å². The Kier molecular flexibility index (Phi) is 9.43. The lowest BCUT2D eigenvalue weighted by Gasteiger charge is -2.32. The number of amides is 2. The number of methoxy groups -OCH3 is 1. The van der Waals surface area contributed by atoms with Gasteiger partial charge in [0.25, 0.3) is 0 Å².